The monoisotopic (exact) mass is 437 g/mol. The summed E-state index contributed by atoms with van der Waals surface area (Å²) < 4.78 is 5.88. The Morgan fingerprint density at radius 1 is 1.09 bits per heavy atom. The molecule has 2 aromatic carbocycles. The quantitative estimate of drug-likeness (QED) is 0.742. The lowest BCUT2D eigenvalue weighted by Crippen LogP contribution is -2.54. The van der Waals surface area contributed by atoms with E-state index in [4.69, 9.17) is 4.74 Å². The zero-order chi connectivity index (χ0) is 23.7. The van der Waals surface area contributed by atoms with Gasteiger partial charge in [0.25, 0.3) is 11.8 Å². The first-order valence-electron chi connectivity index (χ1n) is 10.8. The van der Waals surface area contributed by atoms with Gasteiger partial charge in [0.15, 0.2) is 5.60 Å². The molecule has 1 aliphatic heterocycles. The molecule has 7 nitrogen and oxygen atoms in total. The van der Waals surface area contributed by atoms with E-state index in [1.807, 2.05) is 52.0 Å². The van der Waals surface area contributed by atoms with Crippen LogP contribution in [0.15, 0.2) is 42.5 Å². The van der Waals surface area contributed by atoms with Gasteiger partial charge < -0.3 is 15.4 Å². The molecule has 0 bridgehead atoms. The SMILES string of the molecule is CCc1ccccc1NC(=O)CN1C(=O)C(C)(C)Oc2ccc(C(=O)NC(C)(C)C)cc21. The smallest absolute Gasteiger partial charge is 0.271 e. The third kappa shape index (κ3) is 5.10. The first-order chi connectivity index (χ1) is 14.9. The fourth-order valence-electron chi connectivity index (χ4n) is 3.56. The molecule has 32 heavy (non-hydrogen) atoms. The molecule has 0 saturated carbocycles. The number of hydrogen-bond donors (Lipinski definition) is 2. The largest absolute Gasteiger partial charge is 0.476 e. The maximum absolute atomic E-state index is 13.2. The Kier molecular flexibility index (Phi) is 6.30. The number of fused-ring (bicyclic) bond motifs is 1. The molecule has 1 heterocycles. The Morgan fingerprint density at radius 2 is 1.78 bits per heavy atom. The van der Waals surface area contributed by atoms with Crippen molar-refractivity contribution in [3.8, 4) is 5.75 Å². The van der Waals surface area contributed by atoms with Crippen LogP contribution in [0.3, 0.4) is 0 Å². The highest BCUT2D eigenvalue weighted by atomic mass is 16.5. The molecule has 0 atom stereocenters. The molecule has 1 aliphatic rings. The van der Waals surface area contributed by atoms with Gasteiger partial charge in [0, 0.05) is 16.8 Å². The predicted molar refractivity (Wildman–Crippen MR) is 125 cm³/mol. The minimum atomic E-state index is -1.14. The van der Waals surface area contributed by atoms with Gasteiger partial charge in [-0.3, -0.25) is 19.3 Å². The molecule has 0 unspecified atom stereocenters. The lowest BCUT2D eigenvalue weighted by atomic mass is 10.0. The van der Waals surface area contributed by atoms with E-state index in [-0.39, 0.29) is 24.3 Å². The summed E-state index contributed by atoms with van der Waals surface area (Å²) in [5.74, 6) is -0.493. The van der Waals surface area contributed by atoms with Crippen molar-refractivity contribution in [2.24, 2.45) is 0 Å². The van der Waals surface area contributed by atoms with Gasteiger partial charge in [-0.05, 0) is 70.9 Å². The number of amides is 3. The van der Waals surface area contributed by atoms with Crippen molar-refractivity contribution in [2.45, 2.75) is 59.1 Å². The maximum Gasteiger partial charge on any atom is 0.271 e. The van der Waals surface area contributed by atoms with Gasteiger partial charge in [-0.25, -0.2) is 0 Å². The highest BCUT2D eigenvalue weighted by Crippen LogP contribution is 2.38. The van der Waals surface area contributed by atoms with E-state index in [0.29, 0.717) is 17.0 Å². The van der Waals surface area contributed by atoms with Gasteiger partial charge in [-0.2, -0.15) is 0 Å². The molecule has 3 amide bonds. The summed E-state index contributed by atoms with van der Waals surface area (Å²) in [5, 5.41) is 5.81. The fourth-order valence-corrected chi connectivity index (χ4v) is 3.56. The third-order valence-corrected chi connectivity index (χ3v) is 5.10. The summed E-state index contributed by atoms with van der Waals surface area (Å²) in [7, 11) is 0. The molecule has 0 aromatic heterocycles. The number of ether oxygens (including phenoxy) is 1. The summed E-state index contributed by atoms with van der Waals surface area (Å²) in [5.41, 5.74) is 0.970. The van der Waals surface area contributed by atoms with Gasteiger partial charge in [0.05, 0.1) is 5.69 Å². The van der Waals surface area contributed by atoms with Crippen molar-refractivity contribution in [1.29, 1.82) is 0 Å². The summed E-state index contributed by atoms with van der Waals surface area (Å²) in [6.07, 6.45) is 0.773. The Hall–Kier alpha value is -3.35. The average molecular weight is 438 g/mol. The molecule has 3 rings (SSSR count). The van der Waals surface area contributed by atoms with E-state index in [2.05, 4.69) is 10.6 Å². The molecule has 0 fully saturated rings. The maximum atomic E-state index is 13.2. The lowest BCUT2D eigenvalue weighted by molar-refractivity contribution is -0.133. The van der Waals surface area contributed by atoms with Crippen molar-refractivity contribution in [3.05, 3.63) is 53.6 Å². The number of rotatable bonds is 5. The van der Waals surface area contributed by atoms with Crippen LogP contribution < -0.4 is 20.3 Å². The Balaban J connectivity index is 1.91. The molecule has 0 spiro atoms. The second-order valence-electron chi connectivity index (χ2n) is 9.45. The van der Waals surface area contributed by atoms with Gasteiger partial charge in [0.2, 0.25) is 5.91 Å². The third-order valence-electron chi connectivity index (χ3n) is 5.10. The van der Waals surface area contributed by atoms with Crippen LogP contribution in [0.5, 0.6) is 5.75 Å². The van der Waals surface area contributed by atoms with Crippen LogP contribution in [0.1, 0.15) is 57.5 Å². The number of nitrogens with zero attached hydrogens (tertiary/aromatic N) is 1. The van der Waals surface area contributed by atoms with Crippen LogP contribution in [0, 0.1) is 0 Å². The summed E-state index contributed by atoms with van der Waals surface area (Å²) >= 11 is 0. The second-order valence-corrected chi connectivity index (χ2v) is 9.45. The van der Waals surface area contributed by atoms with Gasteiger partial charge in [0.1, 0.15) is 12.3 Å². The predicted octanol–water partition coefficient (Wildman–Crippen LogP) is 3.92. The number of carbonyl (C=O) groups is 3. The summed E-state index contributed by atoms with van der Waals surface area (Å²) in [4.78, 5) is 40.1. The molecular formula is C25H31N3O4. The minimum Gasteiger partial charge on any atom is -0.476 e. The second kappa shape index (κ2) is 8.65. The van der Waals surface area contributed by atoms with E-state index >= 15 is 0 Å². The molecule has 0 aliphatic carbocycles. The molecule has 2 aromatic rings. The first kappa shape index (κ1) is 23.3. The van der Waals surface area contributed by atoms with Gasteiger partial charge in [-0.1, -0.05) is 25.1 Å². The van der Waals surface area contributed by atoms with E-state index in [0.717, 1.165) is 17.7 Å². The number of para-hydroxylation sites is 1. The van der Waals surface area contributed by atoms with E-state index < -0.39 is 11.1 Å². The number of benzene rings is 2. The first-order valence-corrected chi connectivity index (χ1v) is 10.8. The molecular weight excluding hydrogens is 406 g/mol. The van der Waals surface area contributed by atoms with Crippen molar-refractivity contribution in [3.63, 3.8) is 0 Å². The van der Waals surface area contributed by atoms with Crippen molar-refractivity contribution < 1.29 is 19.1 Å². The van der Waals surface area contributed by atoms with Crippen molar-refractivity contribution in [1.82, 2.24) is 5.32 Å². The Labute approximate surface area is 189 Å². The van der Waals surface area contributed by atoms with Gasteiger partial charge >= 0.3 is 0 Å². The zero-order valence-corrected chi connectivity index (χ0v) is 19.5. The average Bonchev–Trinajstić information content (AvgIpc) is 2.70. The van der Waals surface area contributed by atoms with Crippen LogP contribution in [0.2, 0.25) is 0 Å². The Morgan fingerprint density at radius 3 is 2.44 bits per heavy atom. The molecule has 2 N–H and O–H groups in total. The van der Waals surface area contributed by atoms with E-state index in [9.17, 15) is 14.4 Å². The number of carbonyl (C=O) groups excluding carboxylic acids is 3. The highest BCUT2D eigenvalue weighted by molar-refractivity contribution is 6.08. The molecule has 170 valence electrons. The normalized spacial score (nSPS) is 14.9. The minimum absolute atomic E-state index is 0.193. The van der Waals surface area contributed by atoms with Crippen LogP contribution in [0.25, 0.3) is 0 Å². The summed E-state index contributed by atoms with van der Waals surface area (Å²) in [6.45, 7) is 10.8. The number of hydrogen-bond acceptors (Lipinski definition) is 4. The summed E-state index contributed by atoms with van der Waals surface area (Å²) in [6, 6.07) is 12.5. The lowest BCUT2D eigenvalue weighted by Gasteiger charge is -2.38. The highest BCUT2D eigenvalue weighted by Gasteiger charge is 2.42. The van der Waals surface area contributed by atoms with Crippen LogP contribution in [0.4, 0.5) is 11.4 Å². The molecule has 0 radical (unpaired) electrons. The Bertz CT molecular complexity index is 1050. The van der Waals surface area contributed by atoms with Crippen LogP contribution in [-0.4, -0.2) is 35.4 Å². The zero-order valence-electron chi connectivity index (χ0n) is 19.5. The number of aryl methyl sites for hydroxylation is 1. The van der Waals surface area contributed by atoms with Crippen molar-refractivity contribution in [2.75, 3.05) is 16.8 Å². The molecule has 0 saturated heterocycles. The number of nitrogens with one attached hydrogen (secondary N) is 2. The standard InChI is InChI=1S/C25H31N3O4/c1-7-16-10-8-9-11-18(16)26-21(29)15-28-19-14-17(22(30)27-24(2,3)4)12-13-20(19)32-25(5,6)23(28)31/h8-14H,7,15H2,1-6H3,(H,26,29)(H,27,30). The topological polar surface area (TPSA) is 87.7 Å². The van der Waals surface area contributed by atoms with Gasteiger partial charge in [-0.15, -0.1) is 0 Å². The number of anilines is 2. The van der Waals surface area contributed by atoms with E-state index in [1.165, 1.54) is 4.90 Å². The molecule has 7 heteroatoms. The van der Waals surface area contributed by atoms with Crippen LogP contribution in [-0.2, 0) is 16.0 Å². The van der Waals surface area contributed by atoms with Crippen LogP contribution >= 0.6 is 0 Å². The van der Waals surface area contributed by atoms with Crippen molar-refractivity contribution >= 4 is 29.1 Å². The van der Waals surface area contributed by atoms with E-state index in [1.54, 1.807) is 32.0 Å². The fraction of sp³-hybridized carbons (Fsp3) is 0.400.